The Bertz CT molecular complexity index is 613. The highest BCUT2D eigenvalue weighted by atomic mass is 19.1. The summed E-state index contributed by atoms with van der Waals surface area (Å²) in [7, 11) is 4.06. The molecule has 136 valence electrons. The summed E-state index contributed by atoms with van der Waals surface area (Å²) in [6.07, 6.45) is 1.88. The van der Waals surface area contributed by atoms with Crippen LogP contribution < -0.4 is 10.1 Å². The first-order valence-corrected chi connectivity index (χ1v) is 8.96. The minimum absolute atomic E-state index is 0.0957. The van der Waals surface area contributed by atoms with Crippen molar-refractivity contribution in [2.45, 2.75) is 32.4 Å². The Morgan fingerprint density at radius 3 is 2.36 bits per heavy atom. The lowest BCUT2D eigenvalue weighted by molar-refractivity contribution is 0.195. The van der Waals surface area contributed by atoms with Crippen LogP contribution in [0.5, 0.6) is 5.75 Å². The molecule has 0 spiro atoms. The van der Waals surface area contributed by atoms with Gasteiger partial charge in [0, 0.05) is 13.0 Å². The first kappa shape index (κ1) is 19.4. The molecule has 25 heavy (non-hydrogen) atoms. The smallest absolute Gasteiger partial charge is 0.125 e. The Morgan fingerprint density at radius 2 is 1.76 bits per heavy atom. The third-order valence-electron chi connectivity index (χ3n) is 4.16. The van der Waals surface area contributed by atoms with Gasteiger partial charge in [-0.1, -0.05) is 31.2 Å². The average molecular weight is 344 g/mol. The molecule has 2 aromatic carbocycles. The zero-order valence-corrected chi connectivity index (χ0v) is 15.5. The molecule has 4 heteroatoms. The molecule has 1 unspecified atom stereocenters. The number of rotatable bonds is 10. The first-order valence-electron chi connectivity index (χ1n) is 8.96. The van der Waals surface area contributed by atoms with Crippen LogP contribution in [0.3, 0.4) is 0 Å². The van der Waals surface area contributed by atoms with Crippen LogP contribution in [0.1, 0.15) is 37.0 Å². The van der Waals surface area contributed by atoms with Crippen LogP contribution in [0, 0.1) is 5.82 Å². The van der Waals surface area contributed by atoms with Crippen molar-refractivity contribution in [3.05, 3.63) is 65.5 Å². The van der Waals surface area contributed by atoms with Gasteiger partial charge in [0.25, 0.3) is 0 Å². The minimum atomic E-state index is -0.225. The lowest BCUT2D eigenvalue weighted by Gasteiger charge is -2.20. The molecule has 0 fully saturated rings. The zero-order chi connectivity index (χ0) is 18.1. The van der Waals surface area contributed by atoms with E-state index in [0.717, 1.165) is 43.8 Å². The van der Waals surface area contributed by atoms with Crippen LogP contribution >= 0.6 is 0 Å². The molecule has 0 aliphatic heterocycles. The van der Waals surface area contributed by atoms with Gasteiger partial charge >= 0.3 is 0 Å². The molecule has 0 heterocycles. The lowest BCUT2D eigenvalue weighted by Crippen LogP contribution is -2.18. The van der Waals surface area contributed by atoms with Crippen molar-refractivity contribution in [2.24, 2.45) is 0 Å². The molecule has 0 bridgehead atoms. The summed E-state index contributed by atoms with van der Waals surface area (Å²) < 4.78 is 19.3. The van der Waals surface area contributed by atoms with Gasteiger partial charge in [-0.15, -0.1) is 0 Å². The van der Waals surface area contributed by atoms with Crippen LogP contribution in [0.15, 0.2) is 48.5 Å². The first-order chi connectivity index (χ1) is 12.1. The molecule has 1 atom stereocenters. The summed E-state index contributed by atoms with van der Waals surface area (Å²) in [4.78, 5) is 2.31. The van der Waals surface area contributed by atoms with Crippen molar-refractivity contribution in [1.29, 1.82) is 0 Å². The number of ether oxygens (including phenoxy) is 1. The van der Waals surface area contributed by atoms with Crippen LogP contribution in [-0.2, 0) is 6.54 Å². The van der Waals surface area contributed by atoms with Gasteiger partial charge in [0.2, 0.25) is 0 Å². The predicted octanol–water partition coefficient (Wildman–Crippen LogP) is 4.40. The fraction of sp³-hybridized carbons (Fsp3) is 0.429. The fourth-order valence-corrected chi connectivity index (χ4v) is 2.86. The van der Waals surface area contributed by atoms with Crippen molar-refractivity contribution in [3.63, 3.8) is 0 Å². The Labute approximate surface area is 150 Å². The number of hydrogen-bond acceptors (Lipinski definition) is 3. The largest absolute Gasteiger partial charge is 0.486 e. The van der Waals surface area contributed by atoms with Crippen LogP contribution in [0.2, 0.25) is 0 Å². The van der Waals surface area contributed by atoms with Crippen molar-refractivity contribution in [1.82, 2.24) is 10.2 Å². The van der Waals surface area contributed by atoms with E-state index in [1.54, 1.807) is 12.1 Å². The Hall–Kier alpha value is -1.91. The number of benzene rings is 2. The van der Waals surface area contributed by atoms with Crippen LogP contribution in [-0.4, -0.2) is 32.1 Å². The maximum atomic E-state index is 13.2. The molecule has 0 saturated carbocycles. The minimum Gasteiger partial charge on any atom is -0.486 e. The van der Waals surface area contributed by atoms with E-state index in [0.29, 0.717) is 0 Å². The molecular weight excluding hydrogens is 315 g/mol. The summed E-state index contributed by atoms with van der Waals surface area (Å²) in [5.41, 5.74) is 2.26. The SMILES string of the molecule is CCCN(C)Cc1ccc(OC(CCNC)c2ccc(F)cc2)cc1. The number of nitrogens with zero attached hydrogens (tertiary/aromatic N) is 1. The van der Waals surface area contributed by atoms with E-state index in [9.17, 15) is 4.39 Å². The van der Waals surface area contributed by atoms with Gasteiger partial charge < -0.3 is 15.0 Å². The summed E-state index contributed by atoms with van der Waals surface area (Å²) >= 11 is 0. The van der Waals surface area contributed by atoms with Gasteiger partial charge in [-0.3, -0.25) is 0 Å². The summed E-state index contributed by atoms with van der Waals surface area (Å²) in [5.74, 6) is 0.615. The molecule has 0 radical (unpaired) electrons. The second-order valence-corrected chi connectivity index (χ2v) is 6.43. The van der Waals surface area contributed by atoms with E-state index in [1.807, 2.05) is 19.2 Å². The van der Waals surface area contributed by atoms with Gasteiger partial charge in [0.05, 0.1) is 0 Å². The molecule has 0 saturated heterocycles. The standard InChI is InChI=1S/C21H29FN2O/c1-4-15-24(3)16-17-5-11-20(12-6-17)25-21(13-14-23-2)18-7-9-19(22)10-8-18/h5-12,21,23H,4,13-16H2,1-3H3. The Morgan fingerprint density at radius 1 is 1.08 bits per heavy atom. The normalized spacial score (nSPS) is 12.4. The van der Waals surface area contributed by atoms with Crippen molar-refractivity contribution < 1.29 is 9.13 Å². The quantitative estimate of drug-likeness (QED) is 0.691. The second-order valence-electron chi connectivity index (χ2n) is 6.43. The molecule has 0 aliphatic carbocycles. The summed E-state index contributed by atoms with van der Waals surface area (Å²) in [6, 6.07) is 14.8. The third kappa shape index (κ3) is 6.48. The number of halogens is 1. The van der Waals surface area contributed by atoms with Gasteiger partial charge in [-0.2, -0.15) is 0 Å². The maximum absolute atomic E-state index is 13.2. The Balaban J connectivity index is 2.03. The predicted molar refractivity (Wildman–Crippen MR) is 101 cm³/mol. The van der Waals surface area contributed by atoms with E-state index in [1.165, 1.54) is 17.7 Å². The van der Waals surface area contributed by atoms with E-state index in [2.05, 4.69) is 36.3 Å². The Kier molecular flexibility index (Phi) is 7.89. The van der Waals surface area contributed by atoms with Crippen LogP contribution in [0.25, 0.3) is 0 Å². The highest BCUT2D eigenvalue weighted by Gasteiger charge is 2.13. The highest BCUT2D eigenvalue weighted by Crippen LogP contribution is 2.25. The van der Waals surface area contributed by atoms with Crippen LogP contribution in [0.4, 0.5) is 4.39 Å². The molecule has 1 N–H and O–H groups in total. The highest BCUT2D eigenvalue weighted by molar-refractivity contribution is 5.29. The molecule has 0 aliphatic rings. The number of hydrogen-bond donors (Lipinski definition) is 1. The van der Waals surface area contributed by atoms with E-state index >= 15 is 0 Å². The van der Waals surface area contributed by atoms with Gasteiger partial charge in [0.15, 0.2) is 0 Å². The van der Waals surface area contributed by atoms with Gasteiger partial charge in [0.1, 0.15) is 17.7 Å². The summed E-state index contributed by atoms with van der Waals surface area (Å²) in [6.45, 7) is 5.06. The van der Waals surface area contributed by atoms with Crippen molar-refractivity contribution in [2.75, 3.05) is 27.2 Å². The monoisotopic (exact) mass is 344 g/mol. The molecule has 3 nitrogen and oxygen atoms in total. The average Bonchev–Trinajstić information content (AvgIpc) is 2.61. The molecule has 2 aromatic rings. The van der Waals surface area contributed by atoms with Crippen molar-refractivity contribution in [3.8, 4) is 5.75 Å². The molecule has 0 amide bonds. The zero-order valence-electron chi connectivity index (χ0n) is 15.5. The summed E-state index contributed by atoms with van der Waals surface area (Å²) in [5, 5.41) is 3.15. The topological polar surface area (TPSA) is 24.5 Å². The van der Waals surface area contributed by atoms with E-state index in [-0.39, 0.29) is 11.9 Å². The van der Waals surface area contributed by atoms with Gasteiger partial charge in [-0.25, -0.2) is 4.39 Å². The third-order valence-corrected chi connectivity index (χ3v) is 4.16. The van der Waals surface area contributed by atoms with Gasteiger partial charge in [-0.05, 0) is 69.0 Å². The molecule has 2 rings (SSSR count). The van der Waals surface area contributed by atoms with E-state index < -0.39 is 0 Å². The molecule has 0 aromatic heterocycles. The van der Waals surface area contributed by atoms with Crippen molar-refractivity contribution >= 4 is 0 Å². The second kappa shape index (κ2) is 10.2. The lowest BCUT2D eigenvalue weighted by atomic mass is 10.1. The van der Waals surface area contributed by atoms with E-state index in [4.69, 9.17) is 4.74 Å². The fourth-order valence-electron chi connectivity index (χ4n) is 2.86. The maximum Gasteiger partial charge on any atom is 0.125 e. The number of nitrogens with one attached hydrogen (secondary N) is 1. The molecular formula is C21H29FN2O.